The summed E-state index contributed by atoms with van der Waals surface area (Å²) in [6.45, 7) is 0.589. The first-order valence-corrected chi connectivity index (χ1v) is 6.87. The third-order valence-electron chi connectivity index (χ3n) is 3.29. The van der Waals surface area contributed by atoms with Gasteiger partial charge in [-0.1, -0.05) is 11.6 Å². The van der Waals surface area contributed by atoms with Gasteiger partial charge in [0.1, 0.15) is 6.04 Å². The van der Waals surface area contributed by atoms with Gasteiger partial charge in [-0.2, -0.15) is 0 Å². The van der Waals surface area contributed by atoms with Gasteiger partial charge < -0.3 is 20.3 Å². The molecule has 0 aliphatic heterocycles. The lowest BCUT2D eigenvalue weighted by Crippen LogP contribution is -2.32. The molecule has 1 aromatic carbocycles. The molecule has 1 aromatic rings. The number of carboxylic acid groups (broad SMARTS) is 1. The monoisotopic (exact) mass is 299 g/mol. The van der Waals surface area contributed by atoms with Gasteiger partial charge in [-0.3, -0.25) is 4.79 Å². The molecule has 2 rings (SSSR count). The minimum absolute atomic E-state index is 0.103. The van der Waals surface area contributed by atoms with Crippen LogP contribution in [-0.2, 0) is 11.2 Å². The van der Waals surface area contributed by atoms with Gasteiger partial charge in [0.05, 0.1) is 13.7 Å². The highest BCUT2D eigenvalue weighted by molar-refractivity contribution is 6.31. The van der Waals surface area contributed by atoms with E-state index in [0.717, 1.165) is 12.8 Å². The number of rotatable bonds is 7. The molecule has 3 N–H and O–H groups in total. The van der Waals surface area contributed by atoms with Crippen LogP contribution in [0.1, 0.15) is 18.4 Å². The van der Waals surface area contributed by atoms with Crippen molar-refractivity contribution in [3.8, 4) is 11.5 Å². The van der Waals surface area contributed by atoms with Crippen molar-refractivity contribution in [2.45, 2.75) is 25.3 Å². The van der Waals surface area contributed by atoms with Crippen LogP contribution in [0.15, 0.2) is 12.1 Å². The lowest BCUT2D eigenvalue weighted by Gasteiger charge is -2.17. The van der Waals surface area contributed by atoms with Crippen LogP contribution in [0.3, 0.4) is 0 Å². The number of hydrogen-bond donors (Lipinski definition) is 2. The molecule has 0 radical (unpaired) electrons. The Balaban J connectivity index is 2.26. The number of aliphatic carboxylic acids is 1. The summed E-state index contributed by atoms with van der Waals surface area (Å²) in [6, 6.07) is 2.34. The summed E-state index contributed by atoms with van der Waals surface area (Å²) in [5.74, 6) is 0.544. The fourth-order valence-corrected chi connectivity index (χ4v) is 2.11. The lowest BCUT2D eigenvalue weighted by atomic mass is 10.0. The summed E-state index contributed by atoms with van der Waals surface area (Å²) in [5, 5.41) is 9.38. The molecule has 20 heavy (non-hydrogen) atoms. The second-order valence-electron chi connectivity index (χ2n) is 4.96. The van der Waals surface area contributed by atoms with Crippen LogP contribution in [0.25, 0.3) is 0 Å². The highest BCUT2D eigenvalue weighted by Crippen LogP contribution is 2.38. The van der Waals surface area contributed by atoms with E-state index in [4.69, 9.17) is 31.9 Å². The molecule has 1 aliphatic carbocycles. The summed E-state index contributed by atoms with van der Waals surface area (Å²) in [5.41, 5.74) is 6.18. The molecule has 1 unspecified atom stereocenters. The number of carbonyl (C=O) groups is 1. The largest absolute Gasteiger partial charge is 0.493 e. The minimum atomic E-state index is -1.07. The number of benzene rings is 1. The van der Waals surface area contributed by atoms with Crippen LogP contribution in [0, 0.1) is 5.92 Å². The number of halogens is 1. The zero-order valence-corrected chi connectivity index (χ0v) is 12.0. The van der Waals surface area contributed by atoms with E-state index in [1.165, 1.54) is 7.11 Å². The number of carboxylic acids is 1. The molecule has 1 fully saturated rings. The predicted molar refractivity (Wildman–Crippen MR) is 75.5 cm³/mol. The van der Waals surface area contributed by atoms with Crippen molar-refractivity contribution in [2.75, 3.05) is 13.7 Å². The average molecular weight is 300 g/mol. The van der Waals surface area contributed by atoms with Gasteiger partial charge in [-0.05, 0) is 30.9 Å². The van der Waals surface area contributed by atoms with Gasteiger partial charge in [0.25, 0.3) is 0 Å². The smallest absolute Gasteiger partial charge is 0.320 e. The summed E-state index contributed by atoms with van der Waals surface area (Å²) >= 11 is 6.15. The van der Waals surface area contributed by atoms with Crippen molar-refractivity contribution in [1.29, 1.82) is 0 Å². The number of methoxy groups -OCH3 is 1. The van der Waals surface area contributed by atoms with Crippen molar-refractivity contribution >= 4 is 17.6 Å². The first-order valence-electron chi connectivity index (χ1n) is 6.49. The molecule has 5 nitrogen and oxygen atoms in total. The quantitative estimate of drug-likeness (QED) is 0.805. The normalized spacial score (nSPS) is 15.8. The first-order chi connectivity index (χ1) is 9.52. The Labute approximate surface area is 122 Å². The van der Waals surface area contributed by atoms with Crippen molar-refractivity contribution < 1.29 is 19.4 Å². The second-order valence-corrected chi connectivity index (χ2v) is 5.37. The molecule has 6 heteroatoms. The lowest BCUT2D eigenvalue weighted by molar-refractivity contribution is -0.138. The van der Waals surface area contributed by atoms with Crippen molar-refractivity contribution in [2.24, 2.45) is 11.7 Å². The number of hydrogen-bond acceptors (Lipinski definition) is 4. The van der Waals surface area contributed by atoms with E-state index in [9.17, 15) is 4.79 Å². The van der Waals surface area contributed by atoms with Gasteiger partial charge in [-0.15, -0.1) is 0 Å². The molecule has 1 saturated carbocycles. The molecule has 1 aliphatic rings. The highest BCUT2D eigenvalue weighted by Gasteiger charge is 2.25. The Morgan fingerprint density at radius 2 is 2.25 bits per heavy atom. The zero-order valence-electron chi connectivity index (χ0n) is 11.3. The highest BCUT2D eigenvalue weighted by atomic mass is 35.5. The summed E-state index contributed by atoms with van der Waals surface area (Å²) in [4.78, 5) is 10.9. The number of ether oxygens (including phenoxy) is 2. The molecule has 0 heterocycles. The van der Waals surface area contributed by atoms with Crippen LogP contribution in [0.2, 0.25) is 5.02 Å². The standard InChI is InChI=1S/C14H18ClNO4/c1-19-12-5-4-10(15)9(6-11(16)14(17)18)13(12)20-7-8-2-3-8/h4-5,8,11H,2-3,6-7,16H2,1H3,(H,17,18). The Morgan fingerprint density at radius 1 is 1.55 bits per heavy atom. The minimum Gasteiger partial charge on any atom is -0.493 e. The zero-order chi connectivity index (χ0) is 14.7. The average Bonchev–Trinajstić information content (AvgIpc) is 3.23. The van der Waals surface area contributed by atoms with E-state index in [0.29, 0.717) is 34.6 Å². The van der Waals surface area contributed by atoms with Crippen LogP contribution in [0.5, 0.6) is 11.5 Å². The third-order valence-corrected chi connectivity index (χ3v) is 3.64. The fourth-order valence-electron chi connectivity index (χ4n) is 1.88. The van der Waals surface area contributed by atoms with Crippen molar-refractivity contribution in [3.05, 3.63) is 22.7 Å². The van der Waals surface area contributed by atoms with E-state index >= 15 is 0 Å². The molecule has 0 spiro atoms. The third kappa shape index (κ3) is 3.55. The van der Waals surface area contributed by atoms with Gasteiger partial charge in [0, 0.05) is 17.0 Å². The molecule has 0 bridgehead atoms. The van der Waals surface area contributed by atoms with E-state index in [1.54, 1.807) is 12.1 Å². The Morgan fingerprint density at radius 3 is 2.80 bits per heavy atom. The van der Waals surface area contributed by atoms with E-state index in [2.05, 4.69) is 0 Å². The molecule has 0 saturated heterocycles. The molecule has 1 atom stereocenters. The van der Waals surface area contributed by atoms with Crippen LogP contribution in [0.4, 0.5) is 0 Å². The van der Waals surface area contributed by atoms with Crippen LogP contribution < -0.4 is 15.2 Å². The topological polar surface area (TPSA) is 81.8 Å². The molecule has 110 valence electrons. The predicted octanol–water partition coefficient (Wildman–Crippen LogP) is 2.09. The Hall–Kier alpha value is -1.46. The Bertz CT molecular complexity index is 502. The molecule has 0 aromatic heterocycles. The van der Waals surface area contributed by atoms with Crippen LogP contribution >= 0.6 is 11.6 Å². The van der Waals surface area contributed by atoms with Gasteiger partial charge >= 0.3 is 5.97 Å². The van der Waals surface area contributed by atoms with Gasteiger partial charge in [0.15, 0.2) is 11.5 Å². The molecular weight excluding hydrogens is 282 g/mol. The summed E-state index contributed by atoms with van der Waals surface area (Å²) < 4.78 is 11.1. The van der Waals surface area contributed by atoms with Gasteiger partial charge in [0.2, 0.25) is 0 Å². The second kappa shape index (κ2) is 6.33. The van der Waals surface area contributed by atoms with Gasteiger partial charge in [-0.25, -0.2) is 0 Å². The Kier molecular flexibility index (Phi) is 4.73. The fraction of sp³-hybridized carbons (Fsp3) is 0.500. The number of nitrogens with two attached hydrogens (primary N) is 1. The van der Waals surface area contributed by atoms with E-state index in [1.807, 2.05) is 0 Å². The van der Waals surface area contributed by atoms with Crippen molar-refractivity contribution in [1.82, 2.24) is 0 Å². The van der Waals surface area contributed by atoms with Crippen LogP contribution in [-0.4, -0.2) is 30.8 Å². The van der Waals surface area contributed by atoms with E-state index in [-0.39, 0.29) is 6.42 Å². The summed E-state index contributed by atoms with van der Waals surface area (Å²) in [6.07, 6.45) is 2.42. The molecule has 0 amide bonds. The first kappa shape index (κ1) is 14.9. The maximum Gasteiger partial charge on any atom is 0.320 e. The maximum atomic E-state index is 10.9. The maximum absolute atomic E-state index is 10.9. The van der Waals surface area contributed by atoms with E-state index < -0.39 is 12.0 Å². The summed E-state index contributed by atoms with van der Waals surface area (Å²) in [7, 11) is 1.54. The van der Waals surface area contributed by atoms with Crippen molar-refractivity contribution in [3.63, 3.8) is 0 Å². The molecular formula is C14H18ClNO4. The SMILES string of the molecule is COc1ccc(Cl)c(CC(N)C(=O)O)c1OCC1CC1.